The lowest BCUT2D eigenvalue weighted by atomic mass is 10.3. The molecule has 1 radical (unpaired) electrons. The monoisotopic (exact) mass is 134 g/mol. The zero-order valence-corrected chi connectivity index (χ0v) is 5.83. The molecule has 0 bridgehead atoms. The van der Waals surface area contributed by atoms with E-state index in [0.29, 0.717) is 0 Å². The van der Waals surface area contributed by atoms with Crippen molar-refractivity contribution in [1.29, 1.82) is 0 Å². The highest BCUT2D eigenvalue weighted by Crippen LogP contribution is 2.32. The Morgan fingerprint density at radius 3 is 3.10 bits per heavy atom. The minimum Gasteiger partial charge on any atom is -0.0502 e. The van der Waals surface area contributed by atoms with Crippen molar-refractivity contribution < 1.29 is 0 Å². The number of allylic oxidation sites excluding steroid dienone is 1. The van der Waals surface area contributed by atoms with Crippen LogP contribution in [0.5, 0.6) is 0 Å². The van der Waals surface area contributed by atoms with Crippen LogP contribution in [0.15, 0.2) is 17.3 Å². The molecule has 2 aliphatic rings. The lowest BCUT2D eigenvalue weighted by Crippen LogP contribution is -2.08. The standard InChI is InChI=1S/C8H10N2/c1-4-9-8(10-5-1)6-7-2-3-7/h1,4-5,7H,2-3,6H2/q+1. The quantitative estimate of drug-likeness (QED) is 0.541. The van der Waals surface area contributed by atoms with Crippen LogP contribution in [0.3, 0.4) is 0 Å². The van der Waals surface area contributed by atoms with Gasteiger partial charge in [-0.1, -0.05) is 9.98 Å². The Labute approximate surface area is 60.4 Å². The van der Waals surface area contributed by atoms with Gasteiger partial charge in [0.05, 0.1) is 6.42 Å². The van der Waals surface area contributed by atoms with Gasteiger partial charge >= 0.3 is 5.84 Å². The summed E-state index contributed by atoms with van der Waals surface area (Å²) in [4.78, 5) is 8.30. The molecule has 0 atom stereocenters. The topological polar surface area (TPSA) is 26.5 Å². The van der Waals surface area contributed by atoms with Crippen LogP contribution >= 0.6 is 0 Å². The third kappa shape index (κ3) is 1.32. The minimum absolute atomic E-state index is 0.891. The van der Waals surface area contributed by atoms with E-state index < -0.39 is 0 Å². The molecule has 2 rings (SSSR count). The molecule has 0 unspecified atom stereocenters. The van der Waals surface area contributed by atoms with Crippen molar-refractivity contribution in [2.24, 2.45) is 10.9 Å². The van der Waals surface area contributed by atoms with E-state index in [2.05, 4.69) is 9.98 Å². The molecular weight excluding hydrogens is 124 g/mol. The van der Waals surface area contributed by atoms with Crippen LogP contribution in [-0.4, -0.2) is 12.1 Å². The largest absolute Gasteiger partial charge is 0.338 e. The summed E-state index contributed by atoms with van der Waals surface area (Å²) in [6, 6.07) is 0. The van der Waals surface area contributed by atoms with Gasteiger partial charge in [0.2, 0.25) is 0 Å². The van der Waals surface area contributed by atoms with Gasteiger partial charge in [0.1, 0.15) is 12.4 Å². The summed E-state index contributed by atoms with van der Waals surface area (Å²) in [6.07, 6.45) is 9.31. The molecule has 1 saturated carbocycles. The zero-order chi connectivity index (χ0) is 6.81. The van der Waals surface area contributed by atoms with Crippen molar-refractivity contribution in [2.45, 2.75) is 19.3 Å². The lowest BCUT2D eigenvalue weighted by molar-refractivity contribution is 0.880. The second-order valence-corrected chi connectivity index (χ2v) is 2.81. The van der Waals surface area contributed by atoms with E-state index in [4.69, 9.17) is 0 Å². The highest BCUT2D eigenvalue weighted by molar-refractivity contribution is 5.92. The third-order valence-electron chi connectivity index (χ3n) is 1.79. The van der Waals surface area contributed by atoms with Crippen molar-refractivity contribution in [3.63, 3.8) is 0 Å². The Morgan fingerprint density at radius 1 is 1.60 bits per heavy atom. The van der Waals surface area contributed by atoms with Crippen molar-refractivity contribution in [3.8, 4) is 0 Å². The molecule has 0 N–H and O–H groups in total. The average molecular weight is 134 g/mol. The van der Waals surface area contributed by atoms with Crippen molar-refractivity contribution in [2.75, 3.05) is 0 Å². The predicted molar refractivity (Wildman–Crippen MR) is 42.1 cm³/mol. The maximum atomic E-state index is 4.15. The number of nitrogens with zero attached hydrogens (tertiary/aromatic N) is 2. The van der Waals surface area contributed by atoms with Crippen LogP contribution in [-0.2, 0) is 0 Å². The summed E-state index contributed by atoms with van der Waals surface area (Å²) in [5, 5.41) is 0. The molecule has 10 heavy (non-hydrogen) atoms. The molecule has 0 aromatic carbocycles. The van der Waals surface area contributed by atoms with E-state index in [-0.39, 0.29) is 0 Å². The fourth-order valence-corrected chi connectivity index (χ4v) is 1.02. The van der Waals surface area contributed by atoms with Gasteiger partial charge in [0, 0.05) is 6.08 Å². The summed E-state index contributed by atoms with van der Waals surface area (Å²) in [5.41, 5.74) is 0. The maximum Gasteiger partial charge on any atom is 0.338 e. The van der Waals surface area contributed by atoms with Crippen molar-refractivity contribution in [3.05, 3.63) is 12.3 Å². The molecule has 1 fully saturated rings. The Bertz CT molecular complexity index is 209. The first kappa shape index (κ1) is 5.83. The average Bonchev–Trinajstić information content (AvgIpc) is 2.74. The van der Waals surface area contributed by atoms with E-state index in [9.17, 15) is 0 Å². The van der Waals surface area contributed by atoms with Crippen molar-refractivity contribution >= 4 is 12.1 Å². The van der Waals surface area contributed by atoms with Crippen LogP contribution in [0.25, 0.3) is 0 Å². The SMILES string of the molecule is C1=CN=C(CC2CC2)[N+]=C1. The fraction of sp³-hybridized carbons (Fsp3) is 0.500. The van der Waals surface area contributed by atoms with Crippen LogP contribution in [0.2, 0.25) is 0 Å². The Morgan fingerprint density at radius 2 is 2.50 bits per heavy atom. The summed E-state index contributed by atoms with van der Waals surface area (Å²) >= 11 is 0. The molecule has 51 valence electrons. The second kappa shape index (κ2) is 2.37. The molecule has 2 nitrogen and oxygen atoms in total. The molecule has 0 aromatic heterocycles. The van der Waals surface area contributed by atoms with Gasteiger partial charge in [-0.2, -0.15) is 0 Å². The molecule has 0 spiro atoms. The van der Waals surface area contributed by atoms with Crippen LogP contribution in [0, 0.1) is 5.92 Å². The van der Waals surface area contributed by atoms with Gasteiger partial charge in [-0.3, -0.25) is 0 Å². The summed E-state index contributed by atoms with van der Waals surface area (Å²) in [5.74, 6) is 1.90. The normalized spacial score (nSPS) is 23.0. The van der Waals surface area contributed by atoms with Gasteiger partial charge in [-0.25, -0.2) is 0 Å². The van der Waals surface area contributed by atoms with Gasteiger partial charge in [-0.05, 0) is 18.8 Å². The molecule has 0 amide bonds. The third-order valence-corrected chi connectivity index (χ3v) is 1.79. The molecule has 0 aromatic rings. The summed E-state index contributed by atoms with van der Waals surface area (Å²) in [6.45, 7) is 0. The van der Waals surface area contributed by atoms with E-state index >= 15 is 0 Å². The molecule has 2 heteroatoms. The van der Waals surface area contributed by atoms with E-state index in [1.165, 1.54) is 12.8 Å². The molecule has 1 aliphatic carbocycles. The number of amidine groups is 1. The number of aliphatic imine (C=N–C) groups is 2. The van der Waals surface area contributed by atoms with E-state index in [0.717, 1.165) is 18.2 Å². The van der Waals surface area contributed by atoms with Crippen LogP contribution in [0.4, 0.5) is 0 Å². The Kier molecular flexibility index (Phi) is 1.38. The lowest BCUT2D eigenvalue weighted by Gasteiger charge is -1.85. The molecule has 1 heterocycles. The highest BCUT2D eigenvalue weighted by Gasteiger charge is 2.27. The van der Waals surface area contributed by atoms with E-state index in [1.807, 2.05) is 18.5 Å². The Hall–Kier alpha value is -0.920. The highest BCUT2D eigenvalue weighted by atomic mass is 14.9. The Balaban J connectivity index is 1.96. The predicted octanol–water partition coefficient (Wildman–Crippen LogP) is 1.12. The molecular formula is C8H10N2+. The van der Waals surface area contributed by atoms with Crippen molar-refractivity contribution in [1.82, 2.24) is 4.99 Å². The number of hydrogen-bond donors (Lipinski definition) is 0. The van der Waals surface area contributed by atoms with Gasteiger partial charge in [0.25, 0.3) is 0 Å². The molecule has 0 saturated heterocycles. The van der Waals surface area contributed by atoms with Gasteiger partial charge < -0.3 is 0 Å². The first-order valence-corrected chi connectivity index (χ1v) is 3.71. The molecule has 1 aliphatic heterocycles. The maximum absolute atomic E-state index is 4.15. The fourth-order valence-electron chi connectivity index (χ4n) is 1.02. The minimum atomic E-state index is 0.891. The number of hydrogen-bond acceptors (Lipinski definition) is 2. The smallest absolute Gasteiger partial charge is 0.0502 e. The first-order chi connectivity index (χ1) is 4.95. The second-order valence-electron chi connectivity index (χ2n) is 2.81. The van der Waals surface area contributed by atoms with Crippen LogP contribution in [0.1, 0.15) is 19.3 Å². The van der Waals surface area contributed by atoms with Crippen LogP contribution < -0.4 is 4.99 Å². The summed E-state index contributed by atoms with van der Waals surface area (Å²) in [7, 11) is 0. The van der Waals surface area contributed by atoms with Gasteiger partial charge in [-0.15, -0.1) is 0 Å². The summed E-state index contributed by atoms with van der Waals surface area (Å²) < 4.78 is 0. The van der Waals surface area contributed by atoms with Gasteiger partial charge in [0.15, 0.2) is 0 Å². The first-order valence-electron chi connectivity index (χ1n) is 3.71. The number of rotatable bonds is 2. The zero-order valence-electron chi connectivity index (χ0n) is 5.83. The van der Waals surface area contributed by atoms with E-state index in [1.54, 1.807) is 0 Å².